The summed E-state index contributed by atoms with van der Waals surface area (Å²) in [6, 6.07) is 7.04. The van der Waals surface area contributed by atoms with Gasteiger partial charge in [-0.3, -0.25) is 4.68 Å². The van der Waals surface area contributed by atoms with Crippen molar-refractivity contribution >= 4 is 23.2 Å². The second kappa shape index (κ2) is 6.48. The van der Waals surface area contributed by atoms with Crippen molar-refractivity contribution in [1.29, 1.82) is 0 Å². The lowest BCUT2D eigenvalue weighted by Crippen LogP contribution is -2.24. The van der Waals surface area contributed by atoms with E-state index in [1.807, 2.05) is 6.92 Å². The summed E-state index contributed by atoms with van der Waals surface area (Å²) in [4.78, 5) is 0. The van der Waals surface area contributed by atoms with Crippen LogP contribution in [0.1, 0.15) is 25.6 Å². The summed E-state index contributed by atoms with van der Waals surface area (Å²) in [5.74, 6) is 0.600. The zero-order chi connectivity index (χ0) is 14.7. The lowest BCUT2D eigenvalue weighted by atomic mass is 10.1. The molecule has 1 aromatic heterocycles. The normalized spacial score (nSPS) is 14.1. The van der Waals surface area contributed by atoms with Crippen LogP contribution >= 0.6 is 23.2 Å². The Morgan fingerprint density at radius 3 is 2.80 bits per heavy atom. The molecule has 0 radical (unpaired) electrons. The van der Waals surface area contributed by atoms with Crippen LogP contribution in [0.15, 0.2) is 30.5 Å². The lowest BCUT2D eigenvalue weighted by Gasteiger charge is -2.21. The van der Waals surface area contributed by atoms with Crippen molar-refractivity contribution in [3.63, 3.8) is 0 Å². The van der Waals surface area contributed by atoms with Crippen molar-refractivity contribution < 1.29 is 9.84 Å². The van der Waals surface area contributed by atoms with Gasteiger partial charge >= 0.3 is 0 Å². The Morgan fingerprint density at radius 2 is 2.15 bits per heavy atom. The number of ether oxygens (including phenoxy) is 1. The van der Waals surface area contributed by atoms with Gasteiger partial charge in [-0.05, 0) is 32.0 Å². The third kappa shape index (κ3) is 3.26. The summed E-state index contributed by atoms with van der Waals surface area (Å²) in [5, 5.41) is 15.5. The first-order valence-corrected chi connectivity index (χ1v) is 7.10. The van der Waals surface area contributed by atoms with Gasteiger partial charge in [0.15, 0.2) is 0 Å². The zero-order valence-electron chi connectivity index (χ0n) is 11.3. The van der Waals surface area contributed by atoms with Gasteiger partial charge in [-0.1, -0.05) is 29.3 Å². The molecule has 0 bridgehead atoms. The number of nitrogens with zero attached hydrogens (tertiary/aromatic N) is 2. The highest BCUT2D eigenvalue weighted by atomic mass is 35.5. The van der Waals surface area contributed by atoms with E-state index < -0.39 is 12.2 Å². The van der Waals surface area contributed by atoms with Crippen molar-refractivity contribution in [1.82, 2.24) is 9.78 Å². The molecule has 0 fully saturated rings. The predicted octanol–water partition coefficient (Wildman–Crippen LogP) is 3.71. The second-order valence-electron chi connectivity index (χ2n) is 4.42. The van der Waals surface area contributed by atoms with E-state index in [9.17, 15) is 5.11 Å². The number of aryl methyl sites for hydroxylation is 1. The average Bonchev–Trinajstić information content (AvgIpc) is 2.79. The molecule has 2 unspecified atom stereocenters. The zero-order valence-corrected chi connectivity index (χ0v) is 12.8. The maximum absolute atomic E-state index is 10.4. The summed E-state index contributed by atoms with van der Waals surface area (Å²) in [5.41, 5.74) is 0.559. The fourth-order valence-corrected chi connectivity index (χ4v) is 2.39. The highest BCUT2D eigenvalue weighted by Crippen LogP contribution is 2.28. The molecule has 2 rings (SSSR count). The van der Waals surface area contributed by atoms with Crippen LogP contribution < -0.4 is 4.74 Å². The number of aromatic nitrogens is 2. The van der Waals surface area contributed by atoms with Crippen molar-refractivity contribution in [3.05, 3.63) is 46.2 Å². The predicted molar refractivity (Wildman–Crippen MR) is 79.4 cm³/mol. The van der Waals surface area contributed by atoms with E-state index in [0.29, 0.717) is 28.0 Å². The molecule has 20 heavy (non-hydrogen) atoms. The van der Waals surface area contributed by atoms with E-state index in [2.05, 4.69) is 5.10 Å². The topological polar surface area (TPSA) is 47.3 Å². The van der Waals surface area contributed by atoms with Crippen LogP contribution in [-0.2, 0) is 6.54 Å². The smallest absolute Gasteiger partial charge is 0.134 e. The van der Waals surface area contributed by atoms with Crippen LogP contribution in [0.2, 0.25) is 10.0 Å². The maximum Gasteiger partial charge on any atom is 0.134 e. The SMILES string of the molecule is CCn1ncc(Cl)c1C(O)C(C)Oc1cccc(Cl)c1. The molecule has 0 aliphatic carbocycles. The van der Waals surface area contributed by atoms with Crippen molar-refractivity contribution in [2.75, 3.05) is 0 Å². The van der Waals surface area contributed by atoms with Crippen molar-refractivity contribution in [3.8, 4) is 5.75 Å². The molecule has 2 atom stereocenters. The van der Waals surface area contributed by atoms with Gasteiger partial charge in [0.25, 0.3) is 0 Å². The first kappa shape index (κ1) is 15.2. The lowest BCUT2D eigenvalue weighted by molar-refractivity contribution is 0.0408. The fraction of sp³-hybridized carbons (Fsp3) is 0.357. The third-order valence-electron chi connectivity index (χ3n) is 2.98. The van der Waals surface area contributed by atoms with E-state index in [-0.39, 0.29) is 0 Å². The molecular weight excluding hydrogens is 299 g/mol. The number of aliphatic hydroxyl groups excluding tert-OH is 1. The van der Waals surface area contributed by atoms with E-state index >= 15 is 0 Å². The van der Waals surface area contributed by atoms with Crippen LogP contribution in [0.25, 0.3) is 0 Å². The molecule has 0 saturated carbocycles. The molecule has 4 nitrogen and oxygen atoms in total. The minimum atomic E-state index is -0.871. The summed E-state index contributed by atoms with van der Waals surface area (Å²) in [6.45, 7) is 4.33. The van der Waals surface area contributed by atoms with Gasteiger partial charge in [0.1, 0.15) is 18.0 Å². The van der Waals surface area contributed by atoms with Crippen molar-refractivity contribution in [2.45, 2.75) is 32.6 Å². The van der Waals surface area contributed by atoms with Gasteiger partial charge in [0.2, 0.25) is 0 Å². The van der Waals surface area contributed by atoms with E-state index in [0.717, 1.165) is 0 Å². The van der Waals surface area contributed by atoms with E-state index in [1.54, 1.807) is 35.9 Å². The minimum Gasteiger partial charge on any atom is -0.488 e. The molecule has 0 spiro atoms. The van der Waals surface area contributed by atoms with Crippen LogP contribution in [0.3, 0.4) is 0 Å². The molecule has 0 aliphatic heterocycles. The molecule has 0 aliphatic rings. The number of benzene rings is 1. The summed E-state index contributed by atoms with van der Waals surface area (Å²) < 4.78 is 7.36. The van der Waals surface area contributed by atoms with Gasteiger partial charge < -0.3 is 9.84 Å². The standard InChI is InChI=1S/C14H16Cl2N2O2/c1-3-18-13(12(16)8-17-18)14(19)9(2)20-11-6-4-5-10(15)7-11/h4-9,14,19H,3H2,1-2H3. The minimum absolute atomic E-state index is 0.431. The highest BCUT2D eigenvalue weighted by molar-refractivity contribution is 6.31. The molecule has 6 heteroatoms. The second-order valence-corrected chi connectivity index (χ2v) is 5.26. The number of hydrogen-bond donors (Lipinski definition) is 1. The molecule has 0 saturated heterocycles. The Labute approximate surface area is 127 Å². The Hall–Kier alpha value is -1.23. The molecular formula is C14H16Cl2N2O2. The Kier molecular flexibility index (Phi) is 4.91. The Morgan fingerprint density at radius 1 is 1.40 bits per heavy atom. The van der Waals surface area contributed by atoms with E-state index in [1.165, 1.54) is 6.20 Å². The van der Waals surface area contributed by atoms with Gasteiger partial charge in [-0.2, -0.15) is 5.10 Å². The summed E-state index contributed by atoms with van der Waals surface area (Å²) in [7, 11) is 0. The van der Waals surface area contributed by atoms with Crippen LogP contribution in [0, 0.1) is 0 Å². The van der Waals surface area contributed by atoms with Crippen molar-refractivity contribution in [2.24, 2.45) is 0 Å². The molecule has 1 heterocycles. The average molecular weight is 315 g/mol. The van der Waals surface area contributed by atoms with Crippen LogP contribution in [-0.4, -0.2) is 21.0 Å². The maximum atomic E-state index is 10.4. The number of aliphatic hydroxyl groups is 1. The number of hydrogen-bond acceptors (Lipinski definition) is 3. The molecule has 0 amide bonds. The fourth-order valence-electron chi connectivity index (χ4n) is 1.96. The monoisotopic (exact) mass is 314 g/mol. The van der Waals surface area contributed by atoms with Gasteiger partial charge in [0, 0.05) is 11.6 Å². The largest absolute Gasteiger partial charge is 0.488 e. The van der Waals surface area contributed by atoms with Crippen LogP contribution in [0.5, 0.6) is 5.75 Å². The molecule has 1 N–H and O–H groups in total. The Balaban J connectivity index is 2.16. The quantitative estimate of drug-likeness (QED) is 0.915. The third-order valence-corrected chi connectivity index (χ3v) is 3.50. The summed E-state index contributed by atoms with van der Waals surface area (Å²) >= 11 is 12.0. The molecule has 108 valence electrons. The van der Waals surface area contributed by atoms with Gasteiger partial charge in [-0.15, -0.1) is 0 Å². The molecule has 1 aromatic carbocycles. The Bertz CT molecular complexity index is 586. The van der Waals surface area contributed by atoms with Gasteiger partial charge in [0.05, 0.1) is 16.9 Å². The molecule has 2 aromatic rings. The number of halogens is 2. The summed E-state index contributed by atoms with van der Waals surface area (Å²) in [6.07, 6.45) is 0.173. The number of rotatable bonds is 5. The first-order chi connectivity index (χ1) is 9.52. The van der Waals surface area contributed by atoms with E-state index in [4.69, 9.17) is 27.9 Å². The first-order valence-electron chi connectivity index (χ1n) is 6.34. The van der Waals surface area contributed by atoms with Crippen LogP contribution in [0.4, 0.5) is 0 Å². The van der Waals surface area contributed by atoms with Gasteiger partial charge in [-0.25, -0.2) is 0 Å². The highest BCUT2D eigenvalue weighted by Gasteiger charge is 2.24.